The van der Waals surface area contributed by atoms with Crippen LogP contribution < -0.4 is 0 Å². The summed E-state index contributed by atoms with van der Waals surface area (Å²) in [5.74, 6) is 0. The molecule has 1 aromatic rings. The summed E-state index contributed by atoms with van der Waals surface area (Å²) in [6.45, 7) is 0.518. The standard InChI is InChI=1S/C12H13N3O5S/c16-9-13-10-5-7-14(8-6-10)21(19,20)12-3-1-11(2-4-12)15(17)18/h1-4,10H,5-8H2. The van der Waals surface area contributed by atoms with Gasteiger partial charge in [0, 0.05) is 25.2 Å². The Morgan fingerprint density at radius 3 is 2.29 bits per heavy atom. The molecule has 0 atom stereocenters. The number of hydrogen-bond acceptors (Lipinski definition) is 6. The van der Waals surface area contributed by atoms with Crippen LogP contribution in [0.1, 0.15) is 12.8 Å². The van der Waals surface area contributed by atoms with Crippen LogP contribution in [0.5, 0.6) is 0 Å². The first-order valence-corrected chi connectivity index (χ1v) is 7.71. The van der Waals surface area contributed by atoms with E-state index < -0.39 is 14.9 Å². The molecule has 9 heteroatoms. The summed E-state index contributed by atoms with van der Waals surface area (Å²) in [7, 11) is -3.67. The molecule has 0 unspecified atom stereocenters. The van der Waals surface area contributed by atoms with E-state index in [-0.39, 0.29) is 29.7 Å². The highest BCUT2D eigenvalue weighted by atomic mass is 32.2. The Morgan fingerprint density at radius 1 is 1.24 bits per heavy atom. The summed E-state index contributed by atoms with van der Waals surface area (Å²) in [4.78, 5) is 23.8. The predicted octanol–water partition coefficient (Wildman–Crippen LogP) is 1.08. The third-order valence-corrected chi connectivity index (χ3v) is 5.26. The number of sulfonamides is 1. The lowest BCUT2D eigenvalue weighted by atomic mass is 10.1. The molecule has 0 spiro atoms. The van der Waals surface area contributed by atoms with Crippen molar-refractivity contribution in [1.29, 1.82) is 0 Å². The molecule has 21 heavy (non-hydrogen) atoms. The molecule has 0 N–H and O–H groups in total. The second-order valence-corrected chi connectivity index (χ2v) is 6.54. The molecule has 2 rings (SSSR count). The van der Waals surface area contributed by atoms with Crippen molar-refractivity contribution in [1.82, 2.24) is 4.31 Å². The first-order valence-electron chi connectivity index (χ1n) is 6.27. The third-order valence-electron chi connectivity index (χ3n) is 3.34. The quantitative estimate of drug-likeness (QED) is 0.357. The van der Waals surface area contributed by atoms with Crippen molar-refractivity contribution in [2.45, 2.75) is 23.8 Å². The molecule has 8 nitrogen and oxygen atoms in total. The number of nitro benzene ring substituents is 1. The zero-order chi connectivity index (χ0) is 15.5. The smallest absolute Gasteiger partial charge is 0.258 e. The van der Waals surface area contributed by atoms with Crippen molar-refractivity contribution in [3.05, 3.63) is 34.4 Å². The fourth-order valence-electron chi connectivity index (χ4n) is 2.18. The lowest BCUT2D eigenvalue weighted by Crippen LogP contribution is -2.39. The number of isocyanates is 1. The van der Waals surface area contributed by atoms with Gasteiger partial charge in [-0.2, -0.15) is 4.31 Å². The van der Waals surface area contributed by atoms with Crippen molar-refractivity contribution < 1.29 is 18.1 Å². The van der Waals surface area contributed by atoms with Crippen molar-refractivity contribution in [2.24, 2.45) is 4.99 Å². The second kappa shape index (κ2) is 6.13. The molecular weight excluding hydrogens is 298 g/mol. The molecule has 0 saturated carbocycles. The Balaban J connectivity index is 2.15. The number of hydrogen-bond donors (Lipinski definition) is 0. The van der Waals surface area contributed by atoms with E-state index in [1.54, 1.807) is 0 Å². The van der Waals surface area contributed by atoms with Crippen LogP contribution in [-0.4, -0.2) is 42.9 Å². The van der Waals surface area contributed by atoms with Crippen LogP contribution in [0.25, 0.3) is 0 Å². The van der Waals surface area contributed by atoms with Crippen molar-refractivity contribution in [3.63, 3.8) is 0 Å². The molecule has 112 valence electrons. The normalized spacial score (nSPS) is 17.1. The predicted molar refractivity (Wildman–Crippen MR) is 73.0 cm³/mol. The Bertz CT molecular complexity index is 671. The number of non-ortho nitro benzene ring substituents is 1. The van der Waals surface area contributed by atoms with E-state index in [0.717, 1.165) is 12.1 Å². The molecule has 1 heterocycles. The molecule has 0 amide bonds. The summed E-state index contributed by atoms with van der Waals surface area (Å²) in [6.07, 6.45) is 2.40. The van der Waals surface area contributed by atoms with E-state index in [9.17, 15) is 23.3 Å². The van der Waals surface area contributed by atoms with Crippen molar-refractivity contribution in [3.8, 4) is 0 Å². The number of piperidine rings is 1. The molecule has 1 aliphatic heterocycles. The molecular formula is C12H13N3O5S. The Kier molecular flexibility index (Phi) is 4.46. The number of nitrogens with zero attached hydrogens (tertiary/aromatic N) is 3. The third kappa shape index (κ3) is 3.33. The van der Waals surface area contributed by atoms with Gasteiger partial charge >= 0.3 is 0 Å². The maximum atomic E-state index is 12.4. The van der Waals surface area contributed by atoms with Gasteiger partial charge in [-0.1, -0.05) is 0 Å². The Hall–Kier alpha value is -2.09. The first kappa shape index (κ1) is 15.3. The van der Waals surface area contributed by atoms with Gasteiger partial charge in [0.25, 0.3) is 5.69 Å². The molecule has 0 aromatic heterocycles. The highest BCUT2D eigenvalue weighted by Crippen LogP contribution is 2.23. The van der Waals surface area contributed by atoms with Gasteiger partial charge in [0.15, 0.2) is 0 Å². The zero-order valence-corrected chi connectivity index (χ0v) is 11.8. The fourth-order valence-corrected chi connectivity index (χ4v) is 3.64. The van der Waals surface area contributed by atoms with E-state index in [1.807, 2.05) is 0 Å². The van der Waals surface area contributed by atoms with Crippen LogP contribution in [0.2, 0.25) is 0 Å². The molecule has 0 radical (unpaired) electrons. The van der Waals surface area contributed by atoms with Crippen LogP contribution in [0, 0.1) is 10.1 Å². The second-order valence-electron chi connectivity index (χ2n) is 4.61. The minimum atomic E-state index is -3.67. The molecule has 1 aliphatic rings. The summed E-state index contributed by atoms with van der Waals surface area (Å²) in [5, 5.41) is 10.6. The number of benzene rings is 1. The average molecular weight is 311 g/mol. The van der Waals surface area contributed by atoms with E-state index in [4.69, 9.17) is 0 Å². The van der Waals surface area contributed by atoms with E-state index in [0.29, 0.717) is 12.8 Å². The number of carbonyl (C=O) groups excluding carboxylic acids is 1. The number of rotatable bonds is 4. The summed E-state index contributed by atoms with van der Waals surface area (Å²) in [6, 6.07) is 4.59. The molecule has 1 aromatic carbocycles. The SMILES string of the molecule is O=C=NC1CCN(S(=O)(=O)c2ccc([N+](=O)[O-])cc2)CC1. The van der Waals surface area contributed by atoms with Crippen LogP contribution >= 0.6 is 0 Å². The van der Waals surface area contributed by atoms with E-state index >= 15 is 0 Å². The topological polar surface area (TPSA) is 110 Å². The molecule has 1 saturated heterocycles. The van der Waals surface area contributed by atoms with Gasteiger partial charge in [-0.15, -0.1) is 0 Å². The summed E-state index contributed by atoms with van der Waals surface area (Å²) >= 11 is 0. The van der Waals surface area contributed by atoms with E-state index in [2.05, 4.69) is 4.99 Å². The largest absolute Gasteiger partial charge is 0.269 e. The van der Waals surface area contributed by atoms with Gasteiger partial charge in [-0.05, 0) is 25.0 Å². The molecule has 0 aliphatic carbocycles. The van der Waals surface area contributed by atoms with Gasteiger partial charge in [0.05, 0.1) is 15.9 Å². The summed E-state index contributed by atoms with van der Waals surface area (Å²) < 4.78 is 26.1. The van der Waals surface area contributed by atoms with Gasteiger partial charge < -0.3 is 0 Å². The monoisotopic (exact) mass is 311 g/mol. The van der Waals surface area contributed by atoms with Gasteiger partial charge in [0.2, 0.25) is 16.1 Å². The first-order chi connectivity index (χ1) is 9.95. The van der Waals surface area contributed by atoms with Gasteiger partial charge in [-0.3, -0.25) is 10.1 Å². The maximum absolute atomic E-state index is 12.4. The molecule has 1 fully saturated rings. The van der Waals surface area contributed by atoms with Crippen LogP contribution in [0.15, 0.2) is 34.2 Å². The van der Waals surface area contributed by atoms with Crippen LogP contribution in [-0.2, 0) is 14.8 Å². The highest BCUT2D eigenvalue weighted by molar-refractivity contribution is 7.89. The van der Waals surface area contributed by atoms with Crippen molar-refractivity contribution in [2.75, 3.05) is 13.1 Å². The highest BCUT2D eigenvalue weighted by Gasteiger charge is 2.29. The average Bonchev–Trinajstić information content (AvgIpc) is 2.48. The van der Waals surface area contributed by atoms with Crippen molar-refractivity contribution >= 4 is 21.8 Å². The Labute approximate surface area is 121 Å². The van der Waals surface area contributed by atoms with Crippen LogP contribution in [0.4, 0.5) is 5.69 Å². The maximum Gasteiger partial charge on any atom is 0.269 e. The number of nitro groups is 1. The van der Waals surface area contributed by atoms with Crippen LogP contribution in [0.3, 0.4) is 0 Å². The number of aliphatic imine (C=N–C) groups is 1. The van der Waals surface area contributed by atoms with Gasteiger partial charge in [0.1, 0.15) is 0 Å². The summed E-state index contributed by atoms with van der Waals surface area (Å²) in [5.41, 5.74) is -0.159. The lowest BCUT2D eigenvalue weighted by molar-refractivity contribution is -0.384. The minimum absolute atomic E-state index is 0.0189. The fraction of sp³-hybridized carbons (Fsp3) is 0.417. The zero-order valence-electron chi connectivity index (χ0n) is 11.0. The molecule has 0 bridgehead atoms. The Morgan fingerprint density at radius 2 is 1.81 bits per heavy atom. The minimum Gasteiger partial charge on any atom is -0.258 e. The lowest BCUT2D eigenvalue weighted by Gasteiger charge is -2.28. The van der Waals surface area contributed by atoms with Gasteiger partial charge in [-0.25, -0.2) is 18.2 Å². The van der Waals surface area contributed by atoms with E-state index in [1.165, 1.54) is 22.5 Å².